The van der Waals surface area contributed by atoms with Gasteiger partial charge in [-0.15, -0.1) is 11.3 Å². The Bertz CT molecular complexity index is 205. The zero-order valence-corrected chi connectivity index (χ0v) is 7.91. The van der Waals surface area contributed by atoms with E-state index in [1.54, 1.807) is 0 Å². The predicted octanol–water partition coefficient (Wildman–Crippen LogP) is 2.85. The fraction of sp³-hybridized carbons (Fsp3) is 0.556. The third kappa shape index (κ3) is 2.64. The highest BCUT2D eigenvalue weighted by Gasteiger charge is 1.96. The minimum atomic E-state index is 0.779. The quantitative estimate of drug-likeness (QED) is 0.675. The summed E-state index contributed by atoms with van der Waals surface area (Å²) in [6, 6.07) is 4.33. The first-order valence-electron chi connectivity index (χ1n) is 4.02. The van der Waals surface area contributed by atoms with Crippen molar-refractivity contribution >= 4 is 11.3 Å². The molecule has 1 heterocycles. The summed E-state index contributed by atoms with van der Waals surface area (Å²) in [4.78, 5) is 2.78. The minimum Gasteiger partial charge on any atom is -0.376 e. The van der Waals surface area contributed by atoms with Crippen LogP contribution in [0, 0.1) is 0 Å². The van der Waals surface area contributed by atoms with Crippen LogP contribution < -0.4 is 0 Å². The van der Waals surface area contributed by atoms with Crippen LogP contribution in [0.3, 0.4) is 0 Å². The lowest BCUT2D eigenvalue weighted by Gasteiger charge is -1.95. The van der Waals surface area contributed by atoms with Crippen molar-refractivity contribution in [2.24, 2.45) is 0 Å². The molecule has 0 saturated carbocycles. The molecule has 0 aromatic carbocycles. The van der Waals surface area contributed by atoms with Gasteiger partial charge in [0, 0.05) is 16.4 Å². The van der Waals surface area contributed by atoms with E-state index in [0.29, 0.717) is 0 Å². The Morgan fingerprint density at radius 2 is 2.00 bits per heavy atom. The summed E-state index contributed by atoms with van der Waals surface area (Å²) >= 11 is 1.85. The van der Waals surface area contributed by atoms with E-state index >= 15 is 0 Å². The van der Waals surface area contributed by atoms with E-state index in [4.69, 9.17) is 4.74 Å². The van der Waals surface area contributed by atoms with Crippen LogP contribution in [0.25, 0.3) is 0 Å². The van der Waals surface area contributed by atoms with E-state index in [1.807, 2.05) is 18.3 Å². The van der Waals surface area contributed by atoms with Crippen molar-refractivity contribution < 1.29 is 4.74 Å². The van der Waals surface area contributed by atoms with Gasteiger partial charge in [0.2, 0.25) is 0 Å². The third-order valence-electron chi connectivity index (χ3n) is 1.51. The van der Waals surface area contributed by atoms with Crippen LogP contribution in [-0.4, -0.2) is 6.61 Å². The number of hydrogen-bond acceptors (Lipinski definition) is 2. The fourth-order valence-electron chi connectivity index (χ4n) is 0.893. The molecule has 0 aliphatic heterocycles. The van der Waals surface area contributed by atoms with Gasteiger partial charge >= 0.3 is 0 Å². The highest BCUT2D eigenvalue weighted by Crippen LogP contribution is 2.17. The highest BCUT2D eigenvalue weighted by atomic mass is 32.1. The van der Waals surface area contributed by atoms with E-state index in [0.717, 1.165) is 19.6 Å². The number of hydrogen-bond donors (Lipinski definition) is 0. The minimum absolute atomic E-state index is 0.779. The molecule has 1 aromatic heterocycles. The molecule has 0 aliphatic rings. The van der Waals surface area contributed by atoms with Crippen LogP contribution in [0.4, 0.5) is 0 Å². The Kier molecular flexibility index (Phi) is 3.60. The van der Waals surface area contributed by atoms with Crippen LogP contribution in [0.15, 0.2) is 12.1 Å². The van der Waals surface area contributed by atoms with E-state index < -0.39 is 0 Å². The predicted molar refractivity (Wildman–Crippen MR) is 49.0 cm³/mol. The third-order valence-corrected chi connectivity index (χ3v) is 2.72. The molecule has 1 aromatic rings. The van der Waals surface area contributed by atoms with Crippen molar-refractivity contribution in [3.63, 3.8) is 0 Å². The van der Waals surface area contributed by atoms with Gasteiger partial charge in [0.25, 0.3) is 0 Å². The Morgan fingerprint density at radius 1 is 1.27 bits per heavy atom. The topological polar surface area (TPSA) is 9.23 Å². The maximum absolute atomic E-state index is 5.29. The summed E-state index contributed by atoms with van der Waals surface area (Å²) in [6.45, 7) is 5.78. The van der Waals surface area contributed by atoms with Gasteiger partial charge in [-0.05, 0) is 25.5 Å². The smallest absolute Gasteiger partial charge is 0.0809 e. The summed E-state index contributed by atoms with van der Waals surface area (Å²) in [5.74, 6) is 0. The zero-order valence-electron chi connectivity index (χ0n) is 7.09. The maximum Gasteiger partial charge on any atom is 0.0809 e. The summed E-state index contributed by atoms with van der Waals surface area (Å²) in [7, 11) is 0. The Labute approximate surface area is 72.0 Å². The second-order valence-corrected chi connectivity index (χ2v) is 3.61. The molecule has 0 unspecified atom stereocenters. The molecule has 0 atom stereocenters. The van der Waals surface area contributed by atoms with E-state index in [1.165, 1.54) is 9.75 Å². The number of rotatable bonds is 4. The second kappa shape index (κ2) is 4.52. The number of aryl methyl sites for hydroxylation is 1. The van der Waals surface area contributed by atoms with Crippen LogP contribution in [0.5, 0.6) is 0 Å². The van der Waals surface area contributed by atoms with Gasteiger partial charge in [-0.1, -0.05) is 6.92 Å². The second-order valence-electron chi connectivity index (χ2n) is 2.36. The Hall–Kier alpha value is -0.340. The standard InChI is InChI=1S/C9H14OS/c1-3-8-5-6-9(11-8)7-10-4-2/h5-6H,3-4,7H2,1-2H3. The van der Waals surface area contributed by atoms with Crippen molar-refractivity contribution in [2.45, 2.75) is 26.9 Å². The first kappa shape index (κ1) is 8.75. The number of thiophene rings is 1. The summed E-state index contributed by atoms with van der Waals surface area (Å²) in [5.41, 5.74) is 0. The van der Waals surface area contributed by atoms with Crippen LogP contribution in [0.1, 0.15) is 23.6 Å². The summed E-state index contributed by atoms with van der Waals surface area (Å²) in [6.07, 6.45) is 1.14. The molecule has 2 heteroatoms. The molecule has 0 N–H and O–H groups in total. The van der Waals surface area contributed by atoms with Gasteiger partial charge in [-0.2, -0.15) is 0 Å². The van der Waals surface area contributed by atoms with Crippen molar-refractivity contribution in [3.05, 3.63) is 21.9 Å². The van der Waals surface area contributed by atoms with Gasteiger partial charge < -0.3 is 4.74 Å². The van der Waals surface area contributed by atoms with E-state index in [2.05, 4.69) is 19.1 Å². The van der Waals surface area contributed by atoms with Gasteiger partial charge in [0.1, 0.15) is 0 Å². The zero-order chi connectivity index (χ0) is 8.10. The maximum atomic E-state index is 5.29. The first-order chi connectivity index (χ1) is 5.36. The number of ether oxygens (including phenoxy) is 1. The molecular weight excluding hydrogens is 156 g/mol. The van der Waals surface area contributed by atoms with Crippen molar-refractivity contribution in [2.75, 3.05) is 6.61 Å². The molecule has 0 radical (unpaired) electrons. The average molecular weight is 170 g/mol. The lowest BCUT2D eigenvalue weighted by Crippen LogP contribution is -1.87. The summed E-state index contributed by atoms with van der Waals surface area (Å²) < 4.78 is 5.29. The monoisotopic (exact) mass is 170 g/mol. The molecule has 62 valence electrons. The lowest BCUT2D eigenvalue weighted by molar-refractivity contribution is 0.136. The lowest BCUT2D eigenvalue weighted by atomic mass is 10.4. The van der Waals surface area contributed by atoms with Crippen LogP contribution in [0.2, 0.25) is 0 Å². The van der Waals surface area contributed by atoms with E-state index in [-0.39, 0.29) is 0 Å². The van der Waals surface area contributed by atoms with Crippen molar-refractivity contribution in [1.82, 2.24) is 0 Å². The largest absolute Gasteiger partial charge is 0.376 e. The summed E-state index contributed by atoms with van der Waals surface area (Å²) in [5, 5.41) is 0. The average Bonchev–Trinajstić information content (AvgIpc) is 2.48. The highest BCUT2D eigenvalue weighted by molar-refractivity contribution is 7.11. The van der Waals surface area contributed by atoms with Gasteiger partial charge in [-0.3, -0.25) is 0 Å². The molecule has 0 saturated heterocycles. The molecule has 0 bridgehead atoms. The van der Waals surface area contributed by atoms with Gasteiger partial charge in [0.05, 0.1) is 6.61 Å². The van der Waals surface area contributed by atoms with Crippen LogP contribution >= 0.6 is 11.3 Å². The molecule has 1 nitrogen and oxygen atoms in total. The van der Waals surface area contributed by atoms with Crippen LogP contribution in [-0.2, 0) is 17.8 Å². The van der Waals surface area contributed by atoms with Gasteiger partial charge in [-0.25, -0.2) is 0 Å². The Balaban J connectivity index is 2.44. The molecule has 0 amide bonds. The van der Waals surface area contributed by atoms with Gasteiger partial charge in [0.15, 0.2) is 0 Å². The molecular formula is C9H14OS. The fourth-order valence-corrected chi connectivity index (χ4v) is 1.79. The Morgan fingerprint density at radius 3 is 2.55 bits per heavy atom. The normalized spacial score (nSPS) is 10.4. The van der Waals surface area contributed by atoms with Crippen molar-refractivity contribution in [1.29, 1.82) is 0 Å². The SMILES string of the molecule is CCOCc1ccc(CC)s1. The van der Waals surface area contributed by atoms with Crippen molar-refractivity contribution in [3.8, 4) is 0 Å². The first-order valence-corrected chi connectivity index (χ1v) is 4.83. The molecule has 0 spiro atoms. The molecule has 0 fully saturated rings. The molecule has 0 aliphatic carbocycles. The molecule has 11 heavy (non-hydrogen) atoms. The van der Waals surface area contributed by atoms with E-state index in [9.17, 15) is 0 Å². The molecule has 1 rings (SSSR count).